The summed E-state index contributed by atoms with van der Waals surface area (Å²) in [6.07, 6.45) is 2.09. The number of fused-ring (bicyclic) bond motifs is 4. The van der Waals surface area contributed by atoms with E-state index in [9.17, 15) is 34.7 Å². The minimum atomic E-state index is -0.912. The van der Waals surface area contributed by atoms with Gasteiger partial charge in [0.1, 0.15) is 0 Å². The molecule has 5 rings (SSSR count). The van der Waals surface area contributed by atoms with E-state index in [1.807, 2.05) is 0 Å². The van der Waals surface area contributed by atoms with E-state index in [4.69, 9.17) is 4.74 Å². The maximum atomic E-state index is 12.9. The van der Waals surface area contributed by atoms with Crippen molar-refractivity contribution in [3.8, 4) is 11.5 Å². The summed E-state index contributed by atoms with van der Waals surface area (Å²) in [4.78, 5) is 50.6. The lowest BCUT2D eigenvalue weighted by Gasteiger charge is -2.43. The molecule has 2 aliphatic carbocycles. The van der Waals surface area contributed by atoms with Gasteiger partial charge in [0.15, 0.2) is 11.5 Å². The van der Waals surface area contributed by atoms with Gasteiger partial charge >= 0.3 is 0 Å². The van der Waals surface area contributed by atoms with Crippen LogP contribution in [0.15, 0.2) is 28.3 Å². The number of aromatic hydroxyl groups is 1. The molecule has 168 valence electrons. The number of hydrogen-bond acceptors (Lipinski definition) is 8. The second-order valence-corrected chi connectivity index (χ2v) is 9.41. The van der Waals surface area contributed by atoms with Gasteiger partial charge in [-0.25, -0.2) is 0 Å². The summed E-state index contributed by atoms with van der Waals surface area (Å²) in [5.41, 5.74) is 1.24. The molecule has 0 unspecified atom stereocenters. The molecule has 10 nitrogen and oxygen atoms in total. The van der Waals surface area contributed by atoms with Gasteiger partial charge in [0, 0.05) is 5.92 Å². The number of carbonyl (C=O) groups excluding carboxylic acids is 4. The second kappa shape index (κ2) is 7.12. The summed E-state index contributed by atoms with van der Waals surface area (Å²) in [6, 6.07) is 3.15. The number of amides is 4. The van der Waals surface area contributed by atoms with E-state index < -0.39 is 59.1 Å². The molecule has 3 N–H and O–H groups in total. The fraction of sp³-hybridized carbons (Fsp3) is 0.429. The van der Waals surface area contributed by atoms with E-state index in [0.717, 1.165) is 0 Å². The van der Waals surface area contributed by atoms with E-state index >= 15 is 0 Å². The highest BCUT2D eigenvalue weighted by atomic mass is 79.9. The van der Waals surface area contributed by atoms with Crippen LogP contribution < -0.4 is 4.74 Å². The van der Waals surface area contributed by atoms with Gasteiger partial charge in [-0.1, -0.05) is 11.6 Å². The monoisotopic (exact) mass is 506 g/mol. The number of carbonyl (C=O) groups is 4. The second-order valence-electron chi connectivity index (χ2n) is 8.55. The fourth-order valence-corrected chi connectivity index (χ4v) is 6.32. The van der Waals surface area contributed by atoms with Gasteiger partial charge in [0.25, 0.3) is 23.6 Å². The van der Waals surface area contributed by atoms with Gasteiger partial charge in [0.05, 0.1) is 35.3 Å². The van der Waals surface area contributed by atoms with Crippen LogP contribution in [0, 0.1) is 29.6 Å². The third kappa shape index (κ3) is 2.64. The number of allylic oxidation sites excluding steroid dienone is 2. The first-order valence-corrected chi connectivity index (χ1v) is 10.9. The number of hydrogen-bond donors (Lipinski definition) is 3. The zero-order chi connectivity index (χ0) is 23.1. The van der Waals surface area contributed by atoms with Crippen molar-refractivity contribution in [3.63, 3.8) is 0 Å². The number of nitrogens with zero attached hydrogens (tertiary/aromatic N) is 2. The Bertz CT molecular complexity index is 1120. The highest BCUT2D eigenvalue weighted by molar-refractivity contribution is 9.10. The molecule has 32 heavy (non-hydrogen) atoms. The summed E-state index contributed by atoms with van der Waals surface area (Å²) in [6.45, 7) is 0. The average Bonchev–Trinajstić information content (AvgIpc) is 3.14. The maximum Gasteiger partial charge on any atom is 0.258 e. The van der Waals surface area contributed by atoms with Crippen LogP contribution in [-0.4, -0.2) is 56.4 Å². The molecule has 2 aliphatic heterocycles. The third-order valence-corrected chi connectivity index (χ3v) is 7.84. The fourth-order valence-electron chi connectivity index (χ4n) is 5.86. The van der Waals surface area contributed by atoms with Crippen molar-refractivity contribution in [2.24, 2.45) is 29.6 Å². The van der Waals surface area contributed by atoms with Crippen molar-refractivity contribution >= 4 is 39.6 Å². The van der Waals surface area contributed by atoms with Gasteiger partial charge in [0.2, 0.25) is 0 Å². The van der Waals surface area contributed by atoms with Crippen molar-refractivity contribution in [2.45, 2.75) is 18.8 Å². The van der Waals surface area contributed by atoms with Crippen molar-refractivity contribution in [1.82, 2.24) is 10.1 Å². The molecule has 4 amide bonds. The van der Waals surface area contributed by atoms with Crippen molar-refractivity contribution in [2.75, 3.05) is 7.11 Å². The van der Waals surface area contributed by atoms with Crippen molar-refractivity contribution < 1.29 is 39.4 Å². The zero-order valence-corrected chi connectivity index (χ0v) is 18.4. The van der Waals surface area contributed by atoms with Crippen LogP contribution in [0.4, 0.5) is 0 Å². The van der Waals surface area contributed by atoms with Gasteiger partial charge in [-0.2, -0.15) is 10.1 Å². The Morgan fingerprint density at radius 3 is 2.22 bits per heavy atom. The maximum absolute atomic E-state index is 12.9. The standard InChI is InChI=1S/C21H19BrN2O8/c1-32-13-5-7(4-12(22)17(13)25)14-8-2-3-9-15(20(28)23(30)18(9)26)10(8)6-11-16(14)21(29)24(31)19(11)27/h2,4-5,9-11,14-16,25,30-31H,3,6H2,1H3/t9-,10+,11+,14-,15-,16+/m0/s1. The highest BCUT2D eigenvalue weighted by Crippen LogP contribution is 2.58. The van der Waals surface area contributed by atoms with E-state index in [1.54, 1.807) is 18.2 Å². The molecule has 2 saturated heterocycles. The van der Waals surface area contributed by atoms with Crippen LogP contribution in [0.3, 0.4) is 0 Å². The lowest BCUT2D eigenvalue weighted by atomic mass is 9.57. The summed E-state index contributed by atoms with van der Waals surface area (Å²) in [5.74, 6) is -7.57. The smallest absolute Gasteiger partial charge is 0.258 e. The van der Waals surface area contributed by atoms with E-state index in [-0.39, 0.29) is 34.5 Å². The molecule has 1 aromatic carbocycles. The van der Waals surface area contributed by atoms with Crippen LogP contribution in [0.1, 0.15) is 24.3 Å². The van der Waals surface area contributed by atoms with Crippen LogP contribution in [0.5, 0.6) is 11.5 Å². The number of imide groups is 2. The lowest BCUT2D eigenvalue weighted by molar-refractivity contribution is -0.174. The first-order chi connectivity index (χ1) is 15.2. The predicted octanol–water partition coefficient (Wildman–Crippen LogP) is 1.58. The predicted molar refractivity (Wildman–Crippen MR) is 107 cm³/mol. The number of rotatable bonds is 2. The summed E-state index contributed by atoms with van der Waals surface area (Å²) < 4.78 is 5.55. The van der Waals surface area contributed by atoms with Gasteiger partial charge in [-0.15, -0.1) is 0 Å². The Morgan fingerprint density at radius 2 is 1.56 bits per heavy atom. The van der Waals surface area contributed by atoms with Gasteiger partial charge in [-0.05, 0) is 52.4 Å². The molecule has 0 bridgehead atoms. The number of halogens is 1. The number of methoxy groups -OCH3 is 1. The molecule has 0 spiro atoms. The van der Waals surface area contributed by atoms with Crippen LogP contribution in [0.2, 0.25) is 0 Å². The molecule has 3 fully saturated rings. The average molecular weight is 507 g/mol. The normalized spacial score (nSPS) is 33.8. The lowest BCUT2D eigenvalue weighted by Crippen LogP contribution is -2.43. The number of benzene rings is 1. The van der Waals surface area contributed by atoms with Crippen LogP contribution >= 0.6 is 15.9 Å². The van der Waals surface area contributed by atoms with E-state index in [1.165, 1.54) is 7.11 Å². The first-order valence-electron chi connectivity index (χ1n) is 10.1. The molecular formula is C21H19BrN2O8. The van der Waals surface area contributed by atoms with E-state index in [2.05, 4.69) is 15.9 Å². The Kier molecular flexibility index (Phi) is 4.70. The molecule has 1 saturated carbocycles. The minimum Gasteiger partial charge on any atom is -0.503 e. The molecule has 0 aromatic heterocycles. The van der Waals surface area contributed by atoms with Crippen molar-refractivity contribution in [3.05, 3.63) is 33.8 Å². The summed E-state index contributed by atoms with van der Waals surface area (Å²) >= 11 is 3.27. The summed E-state index contributed by atoms with van der Waals surface area (Å²) in [5, 5.41) is 30.5. The molecule has 6 atom stereocenters. The largest absolute Gasteiger partial charge is 0.503 e. The Balaban J connectivity index is 1.69. The van der Waals surface area contributed by atoms with Crippen LogP contribution in [0.25, 0.3) is 0 Å². The quantitative estimate of drug-likeness (QED) is 0.311. The Hall–Kier alpha value is -2.76. The van der Waals surface area contributed by atoms with Gasteiger partial charge in [-0.3, -0.25) is 29.6 Å². The van der Waals surface area contributed by atoms with Crippen LogP contribution in [-0.2, 0) is 19.2 Å². The number of phenols is 1. The summed E-state index contributed by atoms with van der Waals surface area (Å²) in [7, 11) is 1.38. The molecule has 11 heteroatoms. The third-order valence-electron chi connectivity index (χ3n) is 7.23. The number of hydroxylamine groups is 4. The minimum absolute atomic E-state index is 0.0963. The molecule has 2 heterocycles. The molecule has 1 aromatic rings. The number of phenolic OH excluding ortho intramolecular Hbond substituents is 1. The highest BCUT2D eigenvalue weighted by Gasteiger charge is 2.62. The molecular weight excluding hydrogens is 488 g/mol. The van der Waals surface area contributed by atoms with Crippen molar-refractivity contribution in [1.29, 1.82) is 0 Å². The molecule has 4 aliphatic rings. The Morgan fingerprint density at radius 1 is 0.938 bits per heavy atom. The SMILES string of the molecule is COc1cc([C@H]2C3=CC[C@@H]4C(=O)N(O)C(=O)[C@@H]4[C@@H]3C[C@H]3C(=O)N(O)C(=O)[C@@H]23)cc(Br)c1O. The number of ether oxygens (including phenoxy) is 1. The van der Waals surface area contributed by atoms with Gasteiger partial charge < -0.3 is 9.84 Å². The molecule has 0 radical (unpaired) electrons. The zero-order valence-electron chi connectivity index (χ0n) is 16.8. The Labute approximate surface area is 190 Å². The van der Waals surface area contributed by atoms with E-state index in [0.29, 0.717) is 15.6 Å². The first kappa shape index (κ1) is 21.1. The topological polar surface area (TPSA) is 145 Å².